The van der Waals surface area contributed by atoms with Crippen LogP contribution in [0.4, 0.5) is 10.1 Å². The summed E-state index contributed by atoms with van der Waals surface area (Å²) in [6, 6.07) is 12.0. The lowest BCUT2D eigenvalue weighted by Crippen LogP contribution is -2.20. The van der Waals surface area contributed by atoms with E-state index in [-0.39, 0.29) is 11.6 Å². The van der Waals surface area contributed by atoms with Gasteiger partial charge >= 0.3 is 0 Å². The number of ether oxygens (including phenoxy) is 1. The number of rotatable bonds is 4. The van der Waals surface area contributed by atoms with E-state index in [0.29, 0.717) is 17.0 Å². The molecule has 0 fully saturated rings. The van der Waals surface area contributed by atoms with Crippen LogP contribution in [0.1, 0.15) is 5.56 Å². The molecule has 4 nitrogen and oxygen atoms in total. The quantitative estimate of drug-likeness (QED) is 0.942. The third-order valence-electron chi connectivity index (χ3n) is 2.53. The van der Waals surface area contributed by atoms with Crippen molar-refractivity contribution in [1.82, 2.24) is 0 Å². The summed E-state index contributed by atoms with van der Waals surface area (Å²) in [5.74, 6) is -0.588. The lowest BCUT2D eigenvalue weighted by atomic mass is 10.2. The van der Waals surface area contributed by atoms with Crippen molar-refractivity contribution < 1.29 is 13.9 Å². The monoisotopic (exact) mass is 304 g/mol. The van der Waals surface area contributed by atoms with Crippen LogP contribution in [0.25, 0.3) is 0 Å². The van der Waals surface area contributed by atoms with Crippen LogP contribution in [-0.2, 0) is 4.79 Å². The minimum atomic E-state index is -0.443. The van der Waals surface area contributed by atoms with Crippen molar-refractivity contribution in [2.45, 2.75) is 0 Å². The van der Waals surface area contributed by atoms with Gasteiger partial charge < -0.3 is 10.1 Å². The van der Waals surface area contributed by atoms with Crippen molar-refractivity contribution in [3.63, 3.8) is 0 Å². The van der Waals surface area contributed by atoms with E-state index in [4.69, 9.17) is 21.6 Å². The number of benzene rings is 2. The van der Waals surface area contributed by atoms with E-state index in [1.807, 2.05) is 6.07 Å². The zero-order valence-electron chi connectivity index (χ0n) is 10.8. The SMILES string of the molecule is N#Cc1ccc(OCC(=O)Nc2cccc(F)c2)c(Cl)c1. The van der Waals surface area contributed by atoms with Crippen LogP contribution in [0.3, 0.4) is 0 Å². The predicted octanol–water partition coefficient (Wildman–Crippen LogP) is 3.37. The predicted molar refractivity (Wildman–Crippen MR) is 76.7 cm³/mol. The van der Waals surface area contributed by atoms with Crippen LogP contribution in [0, 0.1) is 17.1 Å². The van der Waals surface area contributed by atoms with Crippen molar-refractivity contribution in [3.05, 3.63) is 58.9 Å². The summed E-state index contributed by atoms with van der Waals surface area (Å²) < 4.78 is 18.2. The van der Waals surface area contributed by atoms with Crippen LogP contribution in [0.5, 0.6) is 5.75 Å². The number of carbonyl (C=O) groups is 1. The topological polar surface area (TPSA) is 62.1 Å². The molecule has 0 bridgehead atoms. The Kier molecular flexibility index (Phi) is 4.75. The third-order valence-corrected chi connectivity index (χ3v) is 2.82. The molecular weight excluding hydrogens is 295 g/mol. The van der Waals surface area contributed by atoms with E-state index in [9.17, 15) is 9.18 Å². The largest absolute Gasteiger partial charge is 0.482 e. The lowest BCUT2D eigenvalue weighted by molar-refractivity contribution is -0.118. The number of halogens is 2. The summed E-state index contributed by atoms with van der Waals surface area (Å²) in [5.41, 5.74) is 0.742. The van der Waals surface area contributed by atoms with Crippen molar-refractivity contribution >= 4 is 23.2 Å². The smallest absolute Gasteiger partial charge is 0.262 e. The fraction of sp³-hybridized carbons (Fsp3) is 0.0667. The molecule has 0 spiro atoms. The van der Waals surface area contributed by atoms with Crippen LogP contribution in [0.15, 0.2) is 42.5 Å². The van der Waals surface area contributed by atoms with Crippen LogP contribution >= 0.6 is 11.6 Å². The molecule has 0 radical (unpaired) electrons. The molecule has 0 aliphatic rings. The first-order chi connectivity index (χ1) is 10.1. The Balaban J connectivity index is 1.94. The van der Waals surface area contributed by atoms with Gasteiger partial charge in [0.2, 0.25) is 0 Å². The molecule has 1 N–H and O–H groups in total. The van der Waals surface area contributed by atoms with Gasteiger partial charge in [-0.15, -0.1) is 0 Å². The Bertz CT molecular complexity index is 713. The average molecular weight is 305 g/mol. The molecule has 21 heavy (non-hydrogen) atoms. The van der Waals surface area contributed by atoms with E-state index in [1.54, 1.807) is 6.07 Å². The Labute approximate surface area is 125 Å². The second kappa shape index (κ2) is 6.73. The van der Waals surface area contributed by atoms with Gasteiger partial charge in [-0.3, -0.25) is 4.79 Å². The van der Waals surface area contributed by atoms with Crippen LogP contribution in [0.2, 0.25) is 5.02 Å². The normalized spacial score (nSPS) is 9.76. The van der Waals surface area contributed by atoms with E-state index in [2.05, 4.69) is 5.32 Å². The summed E-state index contributed by atoms with van der Waals surface area (Å²) >= 11 is 5.92. The van der Waals surface area contributed by atoms with E-state index >= 15 is 0 Å². The molecule has 2 aromatic rings. The molecule has 0 aliphatic carbocycles. The minimum absolute atomic E-state index is 0.243. The standard InChI is InChI=1S/C15H10ClFN2O2/c16-13-6-10(8-18)4-5-14(13)21-9-15(20)19-12-3-1-2-11(17)7-12/h1-7H,9H2,(H,19,20). The maximum Gasteiger partial charge on any atom is 0.262 e. The first-order valence-corrected chi connectivity index (χ1v) is 6.34. The summed E-state index contributed by atoms with van der Waals surface area (Å²) in [4.78, 5) is 11.7. The molecular formula is C15H10ClFN2O2. The number of nitrogens with one attached hydrogen (secondary N) is 1. The van der Waals surface area contributed by atoms with E-state index in [0.717, 1.165) is 0 Å². The number of carbonyl (C=O) groups excluding carboxylic acids is 1. The molecule has 1 amide bonds. The fourth-order valence-corrected chi connectivity index (χ4v) is 1.83. The highest BCUT2D eigenvalue weighted by Crippen LogP contribution is 2.25. The molecule has 0 unspecified atom stereocenters. The van der Waals surface area contributed by atoms with E-state index in [1.165, 1.54) is 36.4 Å². The fourth-order valence-electron chi connectivity index (χ4n) is 1.59. The first kappa shape index (κ1) is 14.8. The molecule has 0 atom stereocenters. The Morgan fingerprint density at radius 2 is 2.14 bits per heavy atom. The van der Waals surface area contributed by atoms with Crippen LogP contribution in [-0.4, -0.2) is 12.5 Å². The summed E-state index contributed by atoms with van der Waals surface area (Å²) in [6.45, 7) is -0.276. The van der Waals surface area contributed by atoms with Gasteiger partial charge in [0.05, 0.1) is 16.7 Å². The van der Waals surface area contributed by atoms with Gasteiger partial charge in [-0.25, -0.2) is 4.39 Å². The van der Waals surface area contributed by atoms with Crippen molar-refractivity contribution in [2.75, 3.05) is 11.9 Å². The summed E-state index contributed by atoms with van der Waals surface area (Å²) in [5, 5.41) is 11.5. The number of anilines is 1. The average Bonchev–Trinajstić information content (AvgIpc) is 2.46. The Hall–Kier alpha value is -2.58. The molecule has 0 heterocycles. The zero-order valence-corrected chi connectivity index (χ0v) is 11.5. The molecule has 0 saturated carbocycles. The van der Waals surface area contributed by atoms with Gasteiger partial charge in [0.25, 0.3) is 5.91 Å². The zero-order chi connectivity index (χ0) is 15.2. The molecule has 2 rings (SSSR count). The highest BCUT2D eigenvalue weighted by Gasteiger charge is 2.07. The van der Waals surface area contributed by atoms with Gasteiger partial charge in [-0.05, 0) is 36.4 Å². The number of nitrogens with zero attached hydrogens (tertiary/aromatic N) is 1. The molecule has 6 heteroatoms. The molecule has 0 saturated heterocycles. The van der Waals surface area contributed by atoms with Crippen molar-refractivity contribution in [2.24, 2.45) is 0 Å². The highest BCUT2D eigenvalue weighted by atomic mass is 35.5. The minimum Gasteiger partial charge on any atom is -0.482 e. The summed E-state index contributed by atoms with van der Waals surface area (Å²) in [7, 11) is 0. The van der Waals surface area contributed by atoms with Gasteiger partial charge in [-0.1, -0.05) is 17.7 Å². The van der Waals surface area contributed by atoms with Gasteiger partial charge in [0.15, 0.2) is 6.61 Å². The Morgan fingerprint density at radius 1 is 1.33 bits per heavy atom. The van der Waals surface area contributed by atoms with Crippen molar-refractivity contribution in [3.8, 4) is 11.8 Å². The molecule has 0 aliphatic heterocycles. The third kappa shape index (κ3) is 4.20. The van der Waals surface area contributed by atoms with E-state index < -0.39 is 11.7 Å². The first-order valence-electron chi connectivity index (χ1n) is 5.96. The number of nitriles is 1. The maximum absolute atomic E-state index is 13.0. The van der Waals surface area contributed by atoms with Crippen molar-refractivity contribution in [1.29, 1.82) is 5.26 Å². The second-order valence-corrected chi connectivity index (χ2v) is 4.51. The number of hydrogen-bond acceptors (Lipinski definition) is 3. The van der Waals surface area contributed by atoms with Gasteiger partial charge in [0.1, 0.15) is 11.6 Å². The second-order valence-electron chi connectivity index (χ2n) is 4.10. The maximum atomic E-state index is 13.0. The molecule has 106 valence electrons. The number of amides is 1. The van der Waals surface area contributed by atoms with Crippen LogP contribution < -0.4 is 10.1 Å². The van der Waals surface area contributed by atoms with Gasteiger partial charge in [0, 0.05) is 5.69 Å². The highest BCUT2D eigenvalue weighted by molar-refractivity contribution is 6.32. The Morgan fingerprint density at radius 3 is 2.81 bits per heavy atom. The lowest BCUT2D eigenvalue weighted by Gasteiger charge is -2.09. The van der Waals surface area contributed by atoms with Gasteiger partial charge in [-0.2, -0.15) is 5.26 Å². The number of hydrogen-bond donors (Lipinski definition) is 1. The molecule has 2 aromatic carbocycles. The molecule has 0 aromatic heterocycles. The summed E-state index contributed by atoms with van der Waals surface area (Å²) in [6.07, 6.45) is 0.